The van der Waals surface area contributed by atoms with E-state index in [0.29, 0.717) is 17.1 Å². The molecule has 0 heterocycles. The third-order valence-corrected chi connectivity index (χ3v) is 3.74. The van der Waals surface area contributed by atoms with Gasteiger partial charge >= 0.3 is 0 Å². The van der Waals surface area contributed by atoms with Crippen molar-refractivity contribution < 1.29 is 4.79 Å². The number of halogens is 2. The summed E-state index contributed by atoms with van der Waals surface area (Å²) < 4.78 is 1.02. The maximum atomic E-state index is 12.0. The number of aryl methyl sites for hydroxylation is 1. The number of nitrogens with one attached hydrogen (secondary N) is 1. The summed E-state index contributed by atoms with van der Waals surface area (Å²) in [7, 11) is 0. The average Bonchev–Trinajstić information content (AvgIpc) is 2.41. The molecule has 0 radical (unpaired) electrons. The van der Waals surface area contributed by atoms with Crippen molar-refractivity contribution in [1.82, 2.24) is 5.32 Å². The maximum Gasteiger partial charge on any atom is 0.251 e. The molecule has 1 N–H and O–H groups in total. The Morgan fingerprint density at radius 1 is 1.21 bits per heavy atom. The van der Waals surface area contributed by atoms with Crippen molar-refractivity contribution in [3.63, 3.8) is 0 Å². The smallest absolute Gasteiger partial charge is 0.251 e. The fourth-order valence-electron chi connectivity index (χ4n) is 1.67. The van der Waals surface area contributed by atoms with Crippen LogP contribution in [0.15, 0.2) is 46.9 Å². The van der Waals surface area contributed by atoms with Crippen molar-refractivity contribution >= 4 is 33.4 Å². The van der Waals surface area contributed by atoms with Gasteiger partial charge in [-0.05, 0) is 48.4 Å². The predicted octanol–water partition coefficient (Wildman–Crippen LogP) is 4.34. The third-order valence-electron chi connectivity index (χ3n) is 2.79. The molecule has 98 valence electrons. The number of hydrogen-bond acceptors (Lipinski definition) is 1. The highest BCUT2D eigenvalue weighted by Gasteiger charge is 2.06. The van der Waals surface area contributed by atoms with Crippen molar-refractivity contribution in [3.8, 4) is 0 Å². The molecule has 0 unspecified atom stereocenters. The maximum absolute atomic E-state index is 12.0. The molecule has 0 spiro atoms. The molecule has 2 aromatic carbocycles. The van der Waals surface area contributed by atoms with E-state index in [2.05, 4.69) is 21.2 Å². The van der Waals surface area contributed by atoms with Crippen LogP contribution in [-0.4, -0.2) is 5.91 Å². The largest absolute Gasteiger partial charge is 0.348 e. The first-order valence-electron chi connectivity index (χ1n) is 5.85. The second-order valence-electron chi connectivity index (χ2n) is 4.27. The van der Waals surface area contributed by atoms with E-state index in [-0.39, 0.29) is 5.91 Å². The lowest BCUT2D eigenvalue weighted by Gasteiger charge is -2.07. The van der Waals surface area contributed by atoms with E-state index in [1.54, 1.807) is 18.2 Å². The molecule has 0 saturated heterocycles. The Morgan fingerprint density at radius 3 is 2.53 bits per heavy atom. The van der Waals surface area contributed by atoms with Gasteiger partial charge in [-0.15, -0.1) is 0 Å². The van der Waals surface area contributed by atoms with Crippen LogP contribution in [0, 0.1) is 6.92 Å². The van der Waals surface area contributed by atoms with Gasteiger partial charge in [0.25, 0.3) is 5.91 Å². The van der Waals surface area contributed by atoms with Crippen LogP contribution in [0.25, 0.3) is 0 Å². The molecule has 0 atom stereocenters. The molecule has 0 aromatic heterocycles. The van der Waals surface area contributed by atoms with Crippen LogP contribution in [-0.2, 0) is 6.54 Å². The number of hydrogen-bond donors (Lipinski definition) is 1. The molecule has 2 nitrogen and oxygen atoms in total. The van der Waals surface area contributed by atoms with Crippen LogP contribution in [0.4, 0.5) is 0 Å². The minimum absolute atomic E-state index is 0.0947. The number of carbonyl (C=O) groups is 1. The molecule has 0 bridgehead atoms. The van der Waals surface area contributed by atoms with Gasteiger partial charge in [-0.3, -0.25) is 4.79 Å². The first-order valence-corrected chi connectivity index (χ1v) is 7.02. The van der Waals surface area contributed by atoms with E-state index in [1.807, 2.05) is 31.2 Å². The van der Waals surface area contributed by atoms with Crippen molar-refractivity contribution in [2.24, 2.45) is 0 Å². The van der Waals surface area contributed by atoms with Gasteiger partial charge in [-0.2, -0.15) is 0 Å². The zero-order valence-electron chi connectivity index (χ0n) is 10.4. The van der Waals surface area contributed by atoms with Crippen molar-refractivity contribution in [3.05, 3.63) is 68.7 Å². The Labute approximate surface area is 125 Å². The van der Waals surface area contributed by atoms with Gasteiger partial charge in [0.1, 0.15) is 0 Å². The highest BCUT2D eigenvalue weighted by molar-refractivity contribution is 9.10. The third kappa shape index (κ3) is 3.82. The van der Waals surface area contributed by atoms with Crippen LogP contribution >= 0.6 is 27.5 Å². The molecule has 2 rings (SSSR count). The molecule has 1 amide bonds. The van der Waals surface area contributed by atoms with Crippen molar-refractivity contribution in [2.45, 2.75) is 13.5 Å². The fraction of sp³-hybridized carbons (Fsp3) is 0.133. The lowest BCUT2D eigenvalue weighted by Crippen LogP contribution is -2.22. The molecule has 0 aliphatic rings. The van der Waals surface area contributed by atoms with Gasteiger partial charge < -0.3 is 5.32 Å². The fourth-order valence-corrected chi connectivity index (χ4v) is 2.05. The summed E-state index contributed by atoms with van der Waals surface area (Å²) in [5, 5.41) is 3.55. The Hall–Kier alpha value is -1.32. The van der Waals surface area contributed by atoms with Gasteiger partial charge in [0, 0.05) is 21.6 Å². The normalized spacial score (nSPS) is 10.3. The molecule has 0 aliphatic carbocycles. The SMILES string of the molecule is Cc1cc(C(=O)NCc2ccc(Br)cc2)ccc1Cl. The van der Waals surface area contributed by atoms with Crippen LogP contribution in [0.1, 0.15) is 21.5 Å². The molecule has 19 heavy (non-hydrogen) atoms. The Bertz CT molecular complexity index is 596. The number of benzene rings is 2. The predicted molar refractivity (Wildman–Crippen MR) is 81.5 cm³/mol. The Balaban J connectivity index is 2.01. The Kier molecular flexibility index (Phi) is 4.61. The average molecular weight is 339 g/mol. The van der Waals surface area contributed by atoms with Gasteiger partial charge in [0.15, 0.2) is 0 Å². The lowest BCUT2D eigenvalue weighted by atomic mass is 10.1. The van der Waals surface area contributed by atoms with Crippen LogP contribution < -0.4 is 5.32 Å². The highest BCUT2D eigenvalue weighted by atomic mass is 79.9. The number of amides is 1. The molecule has 4 heteroatoms. The molecule has 0 fully saturated rings. The second-order valence-corrected chi connectivity index (χ2v) is 5.60. The van der Waals surface area contributed by atoms with Crippen molar-refractivity contribution in [2.75, 3.05) is 0 Å². The van der Waals surface area contributed by atoms with E-state index in [1.165, 1.54) is 0 Å². The van der Waals surface area contributed by atoms with Gasteiger partial charge in [0.05, 0.1) is 0 Å². The summed E-state index contributed by atoms with van der Waals surface area (Å²) >= 11 is 9.31. The standard InChI is InChI=1S/C15H13BrClNO/c1-10-8-12(4-7-14(10)17)15(19)18-9-11-2-5-13(16)6-3-11/h2-8H,9H2,1H3,(H,18,19). The van der Waals surface area contributed by atoms with Crippen LogP contribution in [0.2, 0.25) is 5.02 Å². The molecule has 0 saturated carbocycles. The minimum Gasteiger partial charge on any atom is -0.348 e. The van der Waals surface area contributed by atoms with E-state index in [0.717, 1.165) is 15.6 Å². The molecular formula is C15H13BrClNO. The van der Waals surface area contributed by atoms with E-state index in [4.69, 9.17) is 11.6 Å². The number of carbonyl (C=O) groups excluding carboxylic acids is 1. The summed E-state index contributed by atoms with van der Waals surface area (Å²) in [5.41, 5.74) is 2.58. The topological polar surface area (TPSA) is 29.1 Å². The molecule has 0 aliphatic heterocycles. The zero-order chi connectivity index (χ0) is 13.8. The lowest BCUT2D eigenvalue weighted by molar-refractivity contribution is 0.0951. The summed E-state index contributed by atoms with van der Waals surface area (Å²) in [5.74, 6) is -0.0947. The highest BCUT2D eigenvalue weighted by Crippen LogP contribution is 2.16. The monoisotopic (exact) mass is 337 g/mol. The van der Waals surface area contributed by atoms with E-state index >= 15 is 0 Å². The summed E-state index contributed by atoms with van der Waals surface area (Å²) in [6.07, 6.45) is 0. The summed E-state index contributed by atoms with van der Waals surface area (Å²) in [6, 6.07) is 13.1. The quantitative estimate of drug-likeness (QED) is 0.886. The van der Waals surface area contributed by atoms with Gasteiger partial charge in [-0.25, -0.2) is 0 Å². The molecule has 2 aromatic rings. The van der Waals surface area contributed by atoms with Crippen LogP contribution in [0.3, 0.4) is 0 Å². The summed E-state index contributed by atoms with van der Waals surface area (Å²) in [6.45, 7) is 2.39. The zero-order valence-corrected chi connectivity index (χ0v) is 12.8. The van der Waals surface area contributed by atoms with Gasteiger partial charge in [0.2, 0.25) is 0 Å². The first kappa shape index (κ1) is 14.1. The van der Waals surface area contributed by atoms with Gasteiger partial charge in [-0.1, -0.05) is 39.7 Å². The summed E-state index contributed by atoms with van der Waals surface area (Å²) in [4.78, 5) is 12.0. The Morgan fingerprint density at radius 2 is 1.89 bits per heavy atom. The van der Waals surface area contributed by atoms with E-state index in [9.17, 15) is 4.79 Å². The van der Waals surface area contributed by atoms with Crippen LogP contribution in [0.5, 0.6) is 0 Å². The molecular weight excluding hydrogens is 326 g/mol. The van der Waals surface area contributed by atoms with E-state index < -0.39 is 0 Å². The second kappa shape index (κ2) is 6.22. The minimum atomic E-state index is -0.0947. The first-order chi connectivity index (χ1) is 9.06. The van der Waals surface area contributed by atoms with Crippen molar-refractivity contribution in [1.29, 1.82) is 0 Å². The number of rotatable bonds is 3.